The van der Waals surface area contributed by atoms with Gasteiger partial charge >= 0.3 is 0 Å². The van der Waals surface area contributed by atoms with Crippen molar-refractivity contribution in [3.63, 3.8) is 0 Å². The number of ether oxygens (including phenoxy) is 4. The Morgan fingerprint density at radius 2 is 1.86 bits per heavy atom. The molecular formula is C16H27NO5. The van der Waals surface area contributed by atoms with Gasteiger partial charge in [-0.25, -0.2) is 0 Å². The molecule has 22 heavy (non-hydrogen) atoms. The summed E-state index contributed by atoms with van der Waals surface area (Å²) in [5.41, 5.74) is 0.807. The Kier molecular flexibility index (Phi) is 5.33. The molecular weight excluding hydrogens is 286 g/mol. The minimum atomic E-state index is -0.411. The molecule has 6 nitrogen and oxygen atoms in total. The summed E-state index contributed by atoms with van der Waals surface area (Å²) in [5, 5.41) is 4.16. The lowest BCUT2D eigenvalue weighted by molar-refractivity contribution is -0.197. The minimum absolute atomic E-state index is 0.0525. The van der Waals surface area contributed by atoms with Crippen LogP contribution in [-0.2, 0) is 23.8 Å². The first kappa shape index (κ1) is 16.2. The molecule has 2 fully saturated rings. The minimum Gasteiger partial charge on any atom is -0.389 e. The predicted molar refractivity (Wildman–Crippen MR) is 80.6 cm³/mol. The van der Waals surface area contributed by atoms with E-state index in [4.69, 9.17) is 23.8 Å². The van der Waals surface area contributed by atoms with Crippen LogP contribution in [0, 0.1) is 0 Å². The van der Waals surface area contributed by atoms with E-state index in [1.165, 1.54) is 19.3 Å². The molecule has 2 atom stereocenters. The van der Waals surface area contributed by atoms with Crippen molar-refractivity contribution >= 4 is 5.71 Å². The maximum absolute atomic E-state index is 6.22. The van der Waals surface area contributed by atoms with E-state index in [1.807, 2.05) is 13.8 Å². The molecule has 1 saturated heterocycles. The van der Waals surface area contributed by atoms with Crippen molar-refractivity contribution in [2.45, 2.75) is 76.7 Å². The summed E-state index contributed by atoms with van der Waals surface area (Å²) < 4.78 is 23.4. The van der Waals surface area contributed by atoms with Crippen molar-refractivity contribution in [3.05, 3.63) is 0 Å². The average molecular weight is 313 g/mol. The fourth-order valence-corrected chi connectivity index (χ4v) is 3.41. The van der Waals surface area contributed by atoms with E-state index in [0.717, 1.165) is 18.6 Å². The molecule has 2 heterocycles. The predicted octanol–water partition coefficient (Wildman–Crippen LogP) is 2.61. The summed E-state index contributed by atoms with van der Waals surface area (Å²) >= 11 is 0. The topological polar surface area (TPSA) is 58.5 Å². The maximum Gasteiger partial charge on any atom is 0.200 e. The van der Waals surface area contributed by atoms with Crippen molar-refractivity contribution in [2.24, 2.45) is 5.16 Å². The fourth-order valence-electron chi connectivity index (χ4n) is 3.41. The molecule has 2 aliphatic heterocycles. The van der Waals surface area contributed by atoms with E-state index in [-0.39, 0.29) is 18.0 Å². The molecule has 1 spiro atoms. The molecule has 126 valence electrons. The lowest BCUT2D eigenvalue weighted by Crippen LogP contribution is -2.36. The summed E-state index contributed by atoms with van der Waals surface area (Å²) in [4.78, 5) is 5.58. The van der Waals surface area contributed by atoms with Crippen LogP contribution in [0.1, 0.15) is 52.4 Å². The Bertz CT molecular complexity index is 388. The Morgan fingerprint density at radius 1 is 1.14 bits per heavy atom. The van der Waals surface area contributed by atoms with E-state index in [2.05, 4.69) is 5.16 Å². The molecule has 0 bridgehead atoms. The highest BCUT2D eigenvalue weighted by molar-refractivity contribution is 5.88. The number of oxime groups is 1. The summed E-state index contributed by atoms with van der Waals surface area (Å²) in [6.45, 7) is 5.64. The third-order valence-corrected chi connectivity index (χ3v) is 4.53. The highest BCUT2D eigenvalue weighted by atomic mass is 16.8. The quantitative estimate of drug-likeness (QED) is 0.706. The van der Waals surface area contributed by atoms with Gasteiger partial charge in [-0.1, -0.05) is 11.6 Å². The smallest absolute Gasteiger partial charge is 0.200 e. The van der Waals surface area contributed by atoms with Gasteiger partial charge in [-0.2, -0.15) is 0 Å². The summed E-state index contributed by atoms with van der Waals surface area (Å²) in [5.74, 6) is -0.367. The number of nitrogens with zero attached hydrogens (tertiary/aromatic N) is 1. The van der Waals surface area contributed by atoms with Gasteiger partial charge < -0.3 is 23.8 Å². The summed E-state index contributed by atoms with van der Waals surface area (Å²) in [7, 11) is 0. The molecule has 0 amide bonds. The zero-order valence-corrected chi connectivity index (χ0v) is 13.6. The first-order valence-corrected chi connectivity index (χ1v) is 8.54. The Balaban J connectivity index is 1.53. The third-order valence-electron chi connectivity index (χ3n) is 4.53. The third kappa shape index (κ3) is 3.45. The molecule has 0 N–H and O–H groups in total. The summed E-state index contributed by atoms with van der Waals surface area (Å²) in [6.07, 6.45) is 5.72. The van der Waals surface area contributed by atoms with Crippen LogP contribution in [0.2, 0.25) is 0 Å². The van der Waals surface area contributed by atoms with E-state index in [0.29, 0.717) is 26.2 Å². The van der Waals surface area contributed by atoms with Crippen molar-refractivity contribution in [2.75, 3.05) is 19.8 Å². The summed E-state index contributed by atoms with van der Waals surface area (Å²) in [6, 6.07) is 0. The van der Waals surface area contributed by atoms with Crippen molar-refractivity contribution in [3.8, 4) is 0 Å². The second-order valence-electron chi connectivity index (χ2n) is 6.11. The highest BCUT2D eigenvalue weighted by Crippen LogP contribution is 2.39. The molecule has 0 aromatic carbocycles. The van der Waals surface area contributed by atoms with Crippen molar-refractivity contribution in [1.29, 1.82) is 0 Å². The zero-order valence-electron chi connectivity index (χ0n) is 13.6. The van der Waals surface area contributed by atoms with Crippen LogP contribution in [0.25, 0.3) is 0 Å². The normalized spacial score (nSPS) is 30.8. The van der Waals surface area contributed by atoms with Crippen LogP contribution >= 0.6 is 0 Å². The van der Waals surface area contributed by atoms with Gasteiger partial charge in [0.1, 0.15) is 11.8 Å². The fraction of sp³-hybridized carbons (Fsp3) is 0.938. The van der Waals surface area contributed by atoms with Gasteiger partial charge in [-0.3, -0.25) is 0 Å². The SMILES string of the molecule is CCOC(OCC)C1=NO[C@@H]([C@H]2COC3(CCCCC3)O2)C1. The molecule has 0 aromatic heterocycles. The Morgan fingerprint density at radius 3 is 2.55 bits per heavy atom. The van der Waals surface area contributed by atoms with Gasteiger partial charge in [0.05, 0.1) is 6.61 Å². The van der Waals surface area contributed by atoms with Gasteiger partial charge in [0.25, 0.3) is 0 Å². The monoisotopic (exact) mass is 313 g/mol. The Hall–Kier alpha value is -0.690. The van der Waals surface area contributed by atoms with Gasteiger partial charge in [-0.15, -0.1) is 0 Å². The first-order chi connectivity index (χ1) is 10.8. The number of hydrogen-bond acceptors (Lipinski definition) is 6. The van der Waals surface area contributed by atoms with E-state index in [1.54, 1.807) is 0 Å². The highest BCUT2D eigenvalue weighted by Gasteiger charge is 2.47. The largest absolute Gasteiger partial charge is 0.389 e. The van der Waals surface area contributed by atoms with Gasteiger partial charge in [0, 0.05) is 32.5 Å². The van der Waals surface area contributed by atoms with Gasteiger partial charge in [0.15, 0.2) is 11.9 Å². The maximum atomic E-state index is 6.22. The molecule has 3 rings (SSSR count). The van der Waals surface area contributed by atoms with Crippen LogP contribution in [0.4, 0.5) is 0 Å². The average Bonchev–Trinajstić information content (AvgIpc) is 3.16. The van der Waals surface area contributed by atoms with Gasteiger partial charge in [0.2, 0.25) is 6.29 Å². The standard InChI is InChI=1S/C16H27NO5/c1-3-18-15(19-4-2)12-10-13(22-17-12)14-11-20-16(21-14)8-6-5-7-9-16/h13-15H,3-11H2,1-2H3/t13-,14-/m1/s1. The molecule has 6 heteroatoms. The van der Waals surface area contributed by atoms with Crippen LogP contribution in [0.3, 0.4) is 0 Å². The van der Waals surface area contributed by atoms with Crippen molar-refractivity contribution < 1.29 is 23.8 Å². The zero-order chi connectivity index (χ0) is 15.4. The van der Waals surface area contributed by atoms with E-state index in [9.17, 15) is 0 Å². The van der Waals surface area contributed by atoms with Crippen molar-refractivity contribution in [1.82, 2.24) is 0 Å². The van der Waals surface area contributed by atoms with Gasteiger partial charge in [-0.05, 0) is 26.7 Å². The number of rotatable bonds is 6. The molecule has 0 aromatic rings. The van der Waals surface area contributed by atoms with Crippen LogP contribution < -0.4 is 0 Å². The lowest BCUT2D eigenvalue weighted by atomic mass is 9.94. The van der Waals surface area contributed by atoms with Crippen LogP contribution in [-0.4, -0.2) is 49.8 Å². The lowest BCUT2D eigenvalue weighted by Gasteiger charge is -2.32. The van der Waals surface area contributed by atoms with Crippen LogP contribution in [0.15, 0.2) is 5.16 Å². The molecule has 3 aliphatic rings. The van der Waals surface area contributed by atoms with Crippen LogP contribution in [0.5, 0.6) is 0 Å². The first-order valence-electron chi connectivity index (χ1n) is 8.54. The molecule has 1 saturated carbocycles. The second-order valence-corrected chi connectivity index (χ2v) is 6.11. The van der Waals surface area contributed by atoms with E-state index >= 15 is 0 Å². The molecule has 0 unspecified atom stereocenters. The molecule has 1 aliphatic carbocycles. The molecule has 0 radical (unpaired) electrons. The Labute approximate surface area is 132 Å². The second kappa shape index (κ2) is 7.25. The number of hydrogen-bond donors (Lipinski definition) is 0. The van der Waals surface area contributed by atoms with E-state index < -0.39 is 6.29 Å².